The molecule has 1 heterocycles. The van der Waals surface area contributed by atoms with Gasteiger partial charge in [-0.05, 0) is 53.4 Å². The Morgan fingerprint density at radius 1 is 1.09 bits per heavy atom. The van der Waals surface area contributed by atoms with E-state index in [0.717, 1.165) is 36.5 Å². The van der Waals surface area contributed by atoms with Gasteiger partial charge in [-0.2, -0.15) is 0 Å². The van der Waals surface area contributed by atoms with E-state index in [1.807, 2.05) is 29.2 Å². The van der Waals surface area contributed by atoms with Crippen LogP contribution in [0.4, 0.5) is 0 Å². The van der Waals surface area contributed by atoms with Gasteiger partial charge in [0.2, 0.25) is 0 Å². The summed E-state index contributed by atoms with van der Waals surface area (Å²) in [5.41, 5.74) is 3.62. The number of benzene rings is 3. The highest BCUT2D eigenvalue weighted by Gasteiger charge is 2.12. The summed E-state index contributed by atoms with van der Waals surface area (Å²) in [6, 6.07) is 21.3. The standard InChI is InChI=1S/C28H29NO2S2/c1-4-8-23-15-24(13-14-26(23)31-17-19(2)30)32-18-27-20(3)29-28(33-27)16-22-11-7-10-21-9-5-6-12-25(21)22/h5-7,9-15,30H,2,4,8,16-18H2,1,3H3. The normalized spacial score (nSPS) is 11.1. The molecular weight excluding hydrogens is 446 g/mol. The highest BCUT2D eigenvalue weighted by molar-refractivity contribution is 7.98. The zero-order valence-electron chi connectivity index (χ0n) is 19.1. The molecule has 4 rings (SSSR count). The number of rotatable bonds is 10. The number of aryl methyl sites for hydroxylation is 2. The van der Waals surface area contributed by atoms with Gasteiger partial charge in [0.05, 0.1) is 10.7 Å². The molecule has 5 heteroatoms. The Balaban J connectivity index is 1.46. The lowest BCUT2D eigenvalue weighted by Gasteiger charge is -2.12. The van der Waals surface area contributed by atoms with Gasteiger partial charge < -0.3 is 9.84 Å². The number of hydrogen-bond donors (Lipinski definition) is 1. The van der Waals surface area contributed by atoms with E-state index in [-0.39, 0.29) is 12.4 Å². The largest absolute Gasteiger partial charge is 0.509 e. The van der Waals surface area contributed by atoms with Crippen molar-refractivity contribution in [1.82, 2.24) is 4.98 Å². The third-order valence-electron chi connectivity index (χ3n) is 5.47. The van der Waals surface area contributed by atoms with Gasteiger partial charge in [0, 0.05) is 21.9 Å². The first kappa shape index (κ1) is 23.4. The third-order valence-corrected chi connectivity index (χ3v) is 7.83. The molecule has 0 saturated carbocycles. The fourth-order valence-corrected chi connectivity index (χ4v) is 6.07. The Morgan fingerprint density at radius 3 is 2.73 bits per heavy atom. The van der Waals surface area contributed by atoms with Crippen molar-refractivity contribution in [3.05, 3.63) is 99.7 Å². The van der Waals surface area contributed by atoms with Crippen molar-refractivity contribution < 1.29 is 9.84 Å². The first-order valence-electron chi connectivity index (χ1n) is 11.2. The molecule has 0 saturated heterocycles. The topological polar surface area (TPSA) is 42.4 Å². The van der Waals surface area contributed by atoms with E-state index >= 15 is 0 Å². The minimum Gasteiger partial charge on any atom is -0.509 e. The van der Waals surface area contributed by atoms with Crippen molar-refractivity contribution in [3.8, 4) is 5.75 Å². The number of fused-ring (bicyclic) bond motifs is 1. The molecule has 0 aliphatic carbocycles. The molecule has 1 N–H and O–H groups in total. The maximum atomic E-state index is 9.34. The van der Waals surface area contributed by atoms with E-state index in [1.54, 1.807) is 0 Å². The van der Waals surface area contributed by atoms with Crippen LogP contribution in [0.15, 0.2) is 77.9 Å². The molecule has 0 amide bonds. The highest BCUT2D eigenvalue weighted by atomic mass is 32.2. The monoisotopic (exact) mass is 475 g/mol. The van der Waals surface area contributed by atoms with E-state index in [1.165, 1.54) is 36.7 Å². The van der Waals surface area contributed by atoms with Crippen LogP contribution in [0.2, 0.25) is 0 Å². The van der Waals surface area contributed by atoms with Gasteiger partial charge >= 0.3 is 0 Å². The van der Waals surface area contributed by atoms with E-state index in [2.05, 4.69) is 75.0 Å². The smallest absolute Gasteiger partial charge is 0.144 e. The Kier molecular flexibility index (Phi) is 7.73. The number of thioether (sulfide) groups is 1. The molecule has 0 aliphatic heterocycles. The molecule has 3 nitrogen and oxygen atoms in total. The number of nitrogens with zero attached hydrogens (tertiary/aromatic N) is 1. The average molecular weight is 476 g/mol. The van der Waals surface area contributed by atoms with Crippen molar-refractivity contribution in [2.75, 3.05) is 6.61 Å². The Morgan fingerprint density at radius 2 is 1.91 bits per heavy atom. The number of aliphatic hydroxyl groups is 1. The molecule has 0 atom stereocenters. The van der Waals surface area contributed by atoms with Gasteiger partial charge in [-0.25, -0.2) is 4.98 Å². The average Bonchev–Trinajstić information content (AvgIpc) is 3.16. The maximum absolute atomic E-state index is 9.34. The lowest BCUT2D eigenvalue weighted by Crippen LogP contribution is -2.02. The van der Waals surface area contributed by atoms with E-state index in [4.69, 9.17) is 9.72 Å². The molecule has 0 unspecified atom stereocenters. The zero-order chi connectivity index (χ0) is 23.2. The second kappa shape index (κ2) is 10.9. The fraction of sp³-hybridized carbons (Fsp3) is 0.250. The van der Waals surface area contributed by atoms with Crippen LogP contribution in [0, 0.1) is 6.92 Å². The summed E-state index contributed by atoms with van der Waals surface area (Å²) in [6.07, 6.45) is 2.84. The summed E-state index contributed by atoms with van der Waals surface area (Å²) < 4.78 is 5.71. The van der Waals surface area contributed by atoms with Crippen LogP contribution in [0.5, 0.6) is 5.75 Å². The van der Waals surface area contributed by atoms with E-state index in [0.29, 0.717) is 0 Å². The molecule has 0 radical (unpaired) electrons. The first-order chi connectivity index (χ1) is 16.0. The Labute approximate surface area is 204 Å². The first-order valence-corrected chi connectivity index (χ1v) is 13.0. The van der Waals surface area contributed by atoms with Crippen LogP contribution >= 0.6 is 23.1 Å². The molecule has 170 valence electrons. The number of aromatic nitrogens is 1. The molecule has 0 bridgehead atoms. The van der Waals surface area contributed by atoms with Crippen molar-refractivity contribution in [2.45, 2.75) is 43.8 Å². The predicted octanol–water partition coefficient (Wildman–Crippen LogP) is 7.89. The van der Waals surface area contributed by atoms with Crippen LogP contribution in [0.1, 0.15) is 40.1 Å². The van der Waals surface area contributed by atoms with Gasteiger partial charge in [-0.3, -0.25) is 0 Å². The Hall–Kier alpha value is -2.76. The summed E-state index contributed by atoms with van der Waals surface area (Å²) in [5.74, 6) is 1.76. The fourth-order valence-electron chi connectivity index (χ4n) is 3.87. The summed E-state index contributed by atoms with van der Waals surface area (Å²) in [6.45, 7) is 7.90. The molecular formula is C28H29NO2S2. The molecule has 0 aliphatic rings. The summed E-state index contributed by atoms with van der Waals surface area (Å²) in [5, 5.41) is 13.1. The Bertz CT molecular complexity index is 1260. The lowest BCUT2D eigenvalue weighted by molar-refractivity contribution is 0.270. The quantitative estimate of drug-likeness (QED) is 0.187. The summed E-state index contributed by atoms with van der Waals surface area (Å²) >= 11 is 3.65. The maximum Gasteiger partial charge on any atom is 0.144 e. The van der Waals surface area contributed by atoms with Crippen LogP contribution in [0.3, 0.4) is 0 Å². The number of thiazole rings is 1. The van der Waals surface area contributed by atoms with Gasteiger partial charge in [-0.1, -0.05) is 62.4 Å². The van der Waals surface area contributed by atoms with Gasteiger partial charge in [0.25, 0.3) is 0 Å². The van der Waals surface area contributed by atoms with E-state index in [9.17, 15) is 5.11 Å². The van der Waals surface area contributed by atoms with Crippen molar-refractivity contribution in [1.29, 1.82) is 0 Å². The molecule has 1 aromatic heterocycles. The zero-order valence-corrected chi connectivity index (χ0v) is 20.8. The summed E-state index contributed by atoms with van der Waals surface area (Å²) in [7, 11) is 0. The molecule has 3 aromatic carbocycles. The second-order valence-electron chi connectivity index (χ2n) is 8.09. The minimum absolute atomic E-state index is 0.0378. The number of aliphatic hydroxyl groups excluding tert-OH is 1. The number of hydrogen-bond acceptors (Lipinski definition) is 5. The van der Waals surface area contributed by atoms with Crippen LogP contribution in [-0.4, -0.2) is 16.7 Å². The lowest BCUT2D eigenvalue weighted by atomic mass is 10.0. The summed E-state index contributed by atoms with van der Waals surface area (Å²) in [4.78, 5) is 7.42. The van der Waals surface area contributed by atoms with Gasteiger partial charge in [0.15, 0.2) is 0 Å². The second-order valence-corrected chi connectivity index (χ2v) is 10.3. The van der Waals surface area contributed by atoms with E-state index < -0.39 is 0 Å². The number of ether oxygens (including phenoxy) is 1. The van der Waals surface area contributed by atoms with Crippen LogP contribution in [0.25, 0.3) is 10.8 Å². The van der Waals surface area contributed by atoms with Crippen molar-refractivity contribution in [3.63, 3.8) is 0 Å². The van der Waals surface area contributed by atoms with Gasteiger partial charge in [-0.15, -0.1) is 23.1 Å². The third kappa shape index (κ3) is 5.98. The van der Waals surface area contributed by atoms with Crippen LogP contribution in [-0.2, 0) is 18.6 Å². The van der Waals surface area contributed by atoms with Crippen molar-refractivity contribution in [2.24, 2.45) is 0 Å². The SMILES string of the molecule is C=C(O)COc1ccc(SCc2sc(Cc3cccc4ccccc34)nc2C)cc1CCC. The molecule has 0 spiro atoms. The van der Waals surface area contributed by atoms with Crippen molar-refractivity contribution >= 4 is 33.9 Å². The van der Waals surface area contributed by atoms with Gasteiger partial charge in [0.1, 0.15) is 18.1 Å². The van der Waals surface area contributed by atoms with Crippen LogP contribution < -0.4 is 4.74 Å². The minimum atomic E-state index is 0.0378. The predicted molar refractivity (Wildman–Crippen MR) is 141 cm³/mol. The molecule has 0 fully saturated rings. The molecule has 33 heavy (non-hydrogen) atoms. The molecule has 4 aromatic rings. The highest BCUT2D eigenvalue weighted by Crippen LogP contribution is 2.33.